The monoisotopic (exact) mass is 442 g/mol. The third-order valence-electron chi connectivity index (χ3n) is 4.67. The molecule has 0 radical (unpaired) electrons. The van der Waals surface area contributed by atoms with Gasteiger partial charge in [0, 0.05) is 16.7 Å². The van der Waals surface area contributed by atoms with Crippen molar-refractivity contribution in [3.05, 3.63) is 54.1 Å². The molecule has 0 aromatic heterocycles. The molecule has 0 bridgehead atoms. The van der Waals surface area contributed by atoms with Gasteiger partial charge >= 0.3 is 12.1 Å². The summed E-state index contributed by atoms with van der Waals surface area (Å²) in [5, 5.41) is 24.3. The highest BCUT2D eigenvalue weighted by Gasteiger charge is 2.49. The summed E-state index contributed by atoms with van der Waals surface area (Å²) in [6.07, 6.45) is -5.61. The number of alkyl halides is 3. The summed E-state index contributed by atoms with van der Waals surface area (Å²) in [4.78, 5) is 13.1. The van der Waals surface area contributed by atoms with E-state index in [4.69, 9.17) is 9.99 Å². The van der Waals surface area contributed by atoms with Crippen LogP contribution in [0, 0.1) is 0 Å². The van der Waals surface area contributed by atoms with Gasteiger partial charge < -0.3 is 9.84 Å². The van der Waals surface area contributed by atoms with Crippen LogP contribution in [0.5, 0.6) is 0 Å². The maximum absolute atomic E-state index is 12.7. The second kappa shape index (κ2) is 8.78. The minimum absolute atomic E-state index is 0.167. The van der Waals surface area contributed by atoms with Crippen molar-refractivity contribution in [2.45, 2.75) is 30.0 Å². The lowest BCUT2D eigenvalue weighted by atomic mass is 9.98. The van der Waals surface area contributed by atoms with Crippen molar-refractivity contribution in [2.75, 3.05) is 6.61 Å². The first-order chi connectivity index (χ1) is 14.2. The summed E-state index contributed by atoms with van der Waals surface area (Å²) in [6.45, 7) is 0.0281. The van der Waals surface area contributed by atoms with E-state index in [0.717, 1.165) is 22.8 Å². The second-order valence-electron chi connectivity index (χ2n) is 6.70. The molecule has 0 saturated carbocycles. The van der Waals surface area contributed by atoms with Crippen LogP contribution in [0.3, 0.4) is 0 Å². The number of carbonyl (C=O) groups is 1. The van der Waals surface area contributed by atoms with Gasteiger partial charge in [0.2, 0.25) is 0 Å². The Bertz CT molecular complexity index is 1070. The van der Waals surface area contributed by atoms with Crippen LogP contribution in [0.4, 0.5) is 13.2 Å². The highest BCUT2D eigenvalue weighted by atomic mass is 32.2. The number of carbonyl (C=O) groups excluding carboxylic acids is 1. The molecule has 10 heteroatoms. The van der Waals surface area contributed by atoms with Gasteiger partial charge in [0.1, 0.15) is 0 Å². The molecule has 2 N–H and O–H groups in total. The zero-order valence-corrected chi connectivity index (χ0v) is 16.4. The topological polar surface area (TPSA) is 85.2 Å². The van der Waals surface area contributed by atoms with Crippen LogP contribution in [0.15, 0.2) is 53.4 Å². The number of hydrogen-bond donors (Lipinski definition) is 2. The van der Waals surface area contributed by atoms with Crippen molar-refractivity contribution >= 4 is 39.6 Å². The summed E-state index contributed by atoms with van der Waals surface area (Å²) in [5.41, 5.74) is -2.79. The smallest absolute Gasteiger partial charge is 0.417 e. The summed E-state index contributed by atoms with van der Waals surface area (Å²) < 4.78 is 47.7. The standard InChI is InChI=1S/C20H17F3O6S/c1-19(25,20(21,22)23)10-11-27-18(24)15-6-3-5-14-13(15)9-8-12-4-2-7-16(17(12)14)30-29-28-26/h2-9,25-26H,10-11H2,1H3. The van der Waals surface area contributed by atoms with E-state index in [2.05, 4.69) is 9.37 Å². The molecule has 1 unspecified atom stereocenters. The van der Waals surface area contributed by atoms with E-state index in [1.165, 1.54) is 6.07 Å². The number of hydrogen-bond acceptors (Lipinski definition) is 7. The van der Waals surface area contributed by atoms with Gasteiger partial charge in [-0.25, -0.2) is 10.1 Å². The molecule has 0 saturated heterocycles. The van der Waals surface area contributed by atoms with Gasteiger partial charge in [-0.15, -0.1) is 4.33 Å². The second-order valence-corrected chi connectivity index (χ2v) is 7.45. The average Bonchev–Trinajstić information content (AvgIpc) is 2.70. The molecule has 0 heterocycles. The number of esters is 1. The van der Waals surface area contributed by atoms with Gasteiger partial charge in [-0.3, -0.25) is 0 Å². The molecular formula is C20H17F3O6S. The Morgan fingerprint density at radius 2 is 1.80 bits per heavy atom. The average molecular weight is 442 g/mol. The molecule has 0 aliphatic heterocycles. The molecule has 3 aromatic rings. The molecule has 0 aliphatic rings. The van der Waals surface area contributed by atoms with Crippen LogP contribution in [0.1, 0.15) is 23.7 Å². The summed E-state index contributed by atoms with van der Waals surface area (Å²) in [6, 6.07) is 13.7. The van der Waals surface area contributed by atoms with Crippen molar-refractivity contribution in [1.82, 2.24) is 0 Å². The Morgan fingerprint density at radius 1 is 1.07 bits per heavy atom. The molecule has 6 nitrogen and oxygen atoms in total. The normalized spacial score (nSPS) is 14.1. The molecule has 160 valence electrons. The molecule has 0 fully saturated rings. The predicted octanol–water partition coefficient (Wildman–Crippen LogP) is 5.28. The summed E-state index contributed by atoms with van der Waals surface area (Å²) in [5.74, 6) is -0.807. The van der Waals surface area contributed by atoms with Crippen LogP contribution in [0.25, 0.3) is 21.5 Å². The summed E-state index contributed by atoms with van der Waals surface area (Å²) in [7, 11) is 0. The van der Waals surface area contributed by atoms with Gasteiger partial charge in [0.25, 0.3) is 0 Å². The van der Waals surface area contributed by atoms with Crippen molar-refractivity contribution in [2.24, 2.45) is 0 Å². The lowest BCUT2D eigenvalue weighted by molar-refractivity contribution is -0.432. The SMILES string of the molecule is CC(O)(CCOC(=O)c1cccc2c1ccc1cccc(SOOO)c12)C(F)(F)F. The molecule has 0 aliphatic carbocycles. The number of benzene rings is 3. The van der Waals surface area contributed by atoms with E-state index in [9.17, 15) is 23.1 Å². The minimum Gasteiger partial charge on any atom is -0.462 e. The third kappa shape index (κ3) is 4.52. The van der Waals surface area contributed by atoms with Crippen LogP contribution >= 0.6 is 12.0 Å². The van der Waals surface area contributed by atoms with Crippen LogP contribution < -0.4 is 0 Å². The fourth-order valence-corrected chi connectivity index (χ4v) is 3.52. The first kappa shape index (κ1) is 22.3. The van der Waals surface area contributed by atoms with Crippen LogP contribution in [-0.4, -0.2) is 34.7 Å². The van der Waals surface area contributed by atoms with Gasteiger partial charge in [0.05, 0.1) is 24.2 Å². The minimum atomic E-state index is -4.83. The highest BCUT2D eigenvalue weighted by molar-refractivity contribution is 7.94. The fourth-order valence-electron chi connectivity index (χ4n) is 2.97. The molecule has 30 heavy (non-hydrogen) atoms. The first-order valence-corrected chi connectivity index (χ1v) is 9.45. The third-order valence-corrected chi connectivity index (χ3v) is 5.32. The number of rotatable bonds is 7. The van der Waals surface area contributed by atoms with E-state index < -0.39 is 30.8 Å². The van der Waals surface area contributed by atoms with Crippen LogP contribution in [-0.2, 0) is 14.1 Å². The molecular weight excluding hydrogens is 425 g/mol. The van der Waals surface area contributed by atoms with E-state index in [1.807, 2.05) is 6.07 Å². The van der Waals surface area contributed by atoms with E-state index in [-0.39, 0.29) is 5.56 Å². The Morgan fingerprint density at radius 3 is 2.50 bits per heavy atom. The van der Waals surface area contributed by atoms with Crippen molar-refractivity contribution < 1.29 is 42.4 Å². The van der Waals surface area contributed by atoms with Crippen LogP contribution in [0.2, 0.25) is 0 Å². The zero-order valence-electron chi connectivity index (χ0n) is 15.6. The summed E-state index contributed by atoms with van der Waals surface area (Å²) >= 11 is 0.775. The fraction of sp³-hybridized carbons (Fsp3) is 0.250. The van der Waals surface area contributed by atoms with Gasteiger partial charge in [-0.1, -0.05) is 41.4 Å². The number of aliphatic hydroxyl groups is 1. The Balaban J connectivity index is 1.92. The maximum Gasteiger partial charge on any atom is 0.417 e. The van der Waals surface area contributed by atoms with Crippen molar-refractivity contribution in [3.63, 3.8) is 0 Å². The Labute approximate surface area is 173 Å². The first-order valence-electron chi connectivity index (χ1n) is 8.71. The highest BCUT2D eigenvalue weighted by Crippen LogP contribution is 2.36. The van der Waals surface area contributed by atoms with Gasteiger partial charge in [-0.2, -0.15) is 13.2 Å². The molecule has 0 spiro atoms. The maximum atomic E-state index is 12.7. The van der Waals surface area contributed by atoms with Gasteiger partial charge in [0.15, 0.2) is 5.60 Å². The number of halogens is 3. The zero-order chi connectivity index (χ0) is 21.9. The van der Waals surface area contributed by atoms with Gasteiger partial charge in [-0.05, 0) is 35.2 Å². The molecule has 0 amide bonds. The van der Waals surface area contributed by atoms with E-state index in [0.29, 0.717) is 22.6 Å². The number of ether oxygens (including phenoxy) is 1. The van der Waals surface area contributed by atoms with Crippen molar-refractivity contribution in [3.8, 4) is 0 Å². The Kier molecular flexibility index (Phi) is 6.53. The molecule has 1 atom stereocenters. The van der Waals surface area contributed by atoms with E-state index in [1.54, 1.807) is 36.4 Å². The molecule has 3 rings (SSSR count). The lowest BCUT2D eigenvalue weighted by Gasteiger charge is -2.25. The largest absolute Gasteiger partial charge is 0.462 e. The Hall–Kier alpha value is -2.37. The lowest BCUT2D eigenvalue weighted by Crippen LogP contribution is -2.43. The predicted molar refractivity (Wildman–Crippen MR) is 104 cm³/mol. The quantitative estimate of drug-likeness (QED) is 0.169. The molecule has 3 aromatic carbocycles. The van der Waals surface area contributed by atoms with E-state index >= 15 is 0 Å². The number of fused-ring (bicyclic) bond motifs is 3. The van der Waals surface area contributed by atoms with Crippen molar-refractivity contribution in [1.29, 1.82) is 0 Å².